The van der Waals surface area contributed by atoms with Crippen molar-refractivity contribution in [3.8, 4) is 0 Å². The minimum atomic E-state index is -0.137. The Morgan fingerprint density at radius 3 is 2.65 bits per heavy atom. The van der Waals surface area contributed by atoms with E-state index in [2.05, 4.69) is 42.0 Å². The maximum atomic E-state index is 14.0. The van der Waals surface area contributed by atoms with Gasteiger partial charge >= 0.3 is 0 Å². The Kier molecular flexibility index (Phi) is 6.14. The second-order valence-electron chi connectivity index (χ2n) is 4.66. The molecule has 0 aliphatic rings. The smallest absolute Gasteiger partial charge is 0.142 e. The summed E-state index contributed by atoms with van der Waals surface area (Å²) < 4.78 is 14.6. The summed E-state index contributed by atoms with van der Waals surface area (Å²) in [6.07, 6.45) is 3.21. The Balaban J connectivity index is 2.90. The molecule has 0 saturated heterocycles. The molecular weight excluding hydrogens is 281 g/mol. The van der Waals surface area contributed by atoms with Crippen LogP contribution in [-0.2, 0) is 0 Å². The topological polar surface area (TPSA) is 12.0 Å². The fourth-order valence-corrected chi connectivity index (χ4v) is 2.31. The van der Waals surface area contributed by atoms with Crippen molar-refractivity contribution in [3.05, 3.63) is 34.1 Å². The summed E-state index contributed by atoms with van der Waals surface area (Å²) in [6, 6.07) is 5.97. The molecule has 0 bridgehead atoms. The molecule has 96 valence electrons. The Labute approximate surface area is 112 Å². The zero-order valence-electron chi connectivity index (χ0n) is 10.8. The highest BCUT2D eigenvalue weighted by atomic mass is 79.9. The summed E-state index contributed by atoms with van der Waals surface area (Å²) in [6.45, 7) is 6.34. The van der Waals surface area contributed by atoms with Gasteiger partial charge in [0, 0.05) is 17.6 Å². The van der Waals surface area contributed by atoms with Gasteiger partial charge in [-0.15, -0.1) is 0 Å². The average Bonchev–Trinajstić information content (AvgIpc) is 2.28. The molecule has 1 nitrogen and oxygen atoms in total. The van der Waals surface area contributed by atoms with Crippen molar-refractivity contribution >= 4 is 15.9 Å². The molecule has 0 aliphatic heterocycles. The maximum Gasteiger partial charge on any atom is 0.142 e. The molecule has 1 aromatic rings. The standard InChI is InChI=1S/C14H21BrFN/c1-4-5-9-13(17-10(2)3)11-7-6-8-12(15)14(11)16/h6-8,10,13,17H,4-5,9H2,1-3H3. The summed E-state index contributed by atoms with van der Waals surface area (Å²) in [5, 5.41) is 3.44. The van der Waals surface area contributed by atoms with Crippen LogP contribution in [0.4, 0.5) is 4.39 Å². The lowest BCUT2D eigenvalue weighted by molar-refractivity contribution is 0.424. The van der Waals surface area contributed by atoms with Crippen LogP contribution in [0, 0.1) is 5.82 Å². The Morgan fingerprint density at radius 1 is 1.35 bits per heavy atom. The zero-order chi connectivity index (χ0) is 12.8. The highest BCUT2D eigenvalue weighted by molar-refractivity contribution is 9.10. The number of benzene rings is 1. The van der Waals surface area contributed by atoms with E-state index in [4.69, 9.17) is 0 Å². The largest absolute Gasteiger partial charge is 0.308 e. The molecule has 17 heavy (non-hydrogen) atoms. The summed E-state index contributed by atoms with van der Waals surface area (Å²) in [7, 11) is 0. The molecule has 0 saturated carbocycles. The highest BCUT2D eigenvalue weighted by Crippen LogP contribution is 2.27. The first-order valence-corrected chi connectivity index (χ1v) is 7.05. The van der Waals surface area contributed by atoms with Crippen molar-refractivity contribution in [1.29, 1.82) is 0 Å². The van der Waals surface area contributed by atoms with E-state index in [1.54, 1.807) is 6.07 Å². The lowest BCUT2D eigenvalue weighted by atomic mass is 10.00. The van der Waals surface area contributed by atoms with E-state index in [-0.39, 0.29) is 11.9 Å². The summed E-state index contributed by atoms with van der Waals surface area (Å²) >= 11 is 3.25. The van der Waals surface area contributed by atoms with Crippen LogP contribution in [0.15, 0.2) is 22.7 Å². The van der Waals surface area contributed by atoms with E-state index in [0.717, 1.165) is 24.8 Å². The normalized spacial score (nSPS) is 13.1. The van der Waals surface area contributed by atoms with E-state index < -0.39 is 0 Å². The van der Waals surface area contributed by atoms with Crippen LogP contribution in [0.25, 0.3) is 0 Å². The van der Waals surface area contributed by atoms with Crippen LogP contribution in [0.5, 0.6) is 0 Å². The molecule has 0 aromatic heterocycles. The van der Waals surface area contributed by atoms with Crippen LogP contribution in [0.3, 0.4) is 0 Å². The first kappa shape index (κ1) is 14.7. The number of rotatable bonds is 6. The van der Waals surface area contributed by atoms with Gasteiger partial charge in [-0.1, -0.05) is 45.7 Å². The molecule has 1 N–H and O–H groups in total. The second-order valence-corrected chi connectivity index (χ2v) is 5.51. The first-order valence-electron chi connectivity index (χ1n) is 6.26. The van der Waals surface area contributed by atoms with Gasteiger partial charge in [0.1, 0.15) is 5.82 Å². The van der Waals surface area contributed by atoms with Crippen molar-refractivity contribution in [3.63, 3.8) is 0 Å². The minimum Gasteiger partial charge on any atom is -0.308 e. The highest BCUT2D eigenvalue weighted by Gasteiger charge is 2.17. The number of unbranched alkanes of at least 4 members (excludes halogenated alkanes) is 1. The van der Waals surface area contributed by atoms with Crippen LogP contribution in [-0.4, -0.2) is 6.04 Å². The van der Waals surface area contributed by atoms with Crippen molar-refractivity contribution < 1.29 is 4.39 Å². The number of nitrogens with one attached hydrogen (secondary N) is 1. The van der Waals surface area contributed by atoms with E-state index in [1.807, 2.05) is 12.1 Å². The van der Waals surface area contributed by atoms with Gasteiger partial charge in [0.25, 0.3) is 0 Å². The van der Waals surface area contributed by atoms with Gasteiger partial charge in [0.05, 0.1) is 4.47 Å². The average molecular weight is 302 g/mol. The predicted octanol–water partition coefficient (Wildman–Crippen LogP) is 4.82. The van der Waals surface area contributed by atoms with Gasteiger partial charge in [-0.3, -0.25) is 0 Å². The lowest BCUT2D eigenvalue weighted by Gasteiger charge is -2.22. The Hall–Kier alpha value is -0.410. The molecule has 0 amide bonds. The van der Waals surface area contributed by atoms with E-state index in [9.17, 15) is 4.39 Å². The minimum absolute atomic E-state index is 0.104. The van der Waals surface area contributed by atoms with Crippen molar-refractivity contribution in [1.82, 2.24) is 5.32 Å². The van der Waals surface area contributed by atoms with Gasteiger partial charge in [-0.25, -0.2) is 4.39 Å². The van der Waals surface area contributed by atoms with Crippen molar-refractivity contribution in [2.75, 3.05) is 0 Å². The van der Waals surface area contributed by atoms with E-state index >= 15 is 0 Å². The molecule has 1 unspecified atom stereocenters. The van der Waals surface area contributed by atoms with Crippen LogP contribution in [0.2, 0.25) is 0 Å². The molecule has 0 aliphatic carbocycles. The van der Waals surface area contributed by atoms with Gasteiger partial charge in [-0.05, 0) is 28.4 Å². The third-order valence-corrected chi connectivity index (χ3v) is 3.35. The summed E-state index contributed by atoms with van der Waals surface area (Å²) in [5.41, 5.74) is 0.765. The molecule has 1 rings (SSSR count). The summed E-state index contributed by atoms with van der Waals surface area (Å²) in [5.74, 6) is -0.137. The summed E-state index contributed by atoms with van der Waals surface area (Å²) in [4.78, 5) is 0. The molecule has 0 spiro atoms. The quantitative estimate of drug-likeness (QED) is 0.794. The fraction of sp³-hybridized carbons (Fsp3) is 0.571. The van der Waals surface area contributed by atoms with Crippen molar-refractivity contribution in [2.24, 2.45) is 0 Å². The zero-order valence-corrected chi connectivity index (χ0v) is 12.3. The number of hydrogen-bond acceptors (Lipinski definition) is 1. The lowest BCUT2D eigenvalue weighted by Crippen LogP contribution is -2.28. The maximum absolute atomic E-state index is 14.0. The van der Waals surface area contributed by atoms with Crippen molar-refractivity contribution in [2.45, 2.75) is 52.1 Å². The van der Waals surface area contributed by atoms with Gasteiger partial charge < -0.3 is 5.32 Å². The van der Waals surface area contributed by atoms with Gasteiger partial charge in [0.2, 0.25) is 0 Å². The van der Waals surface area contributed by atoms with Crippen LogP contribution < -0.4 is 5.32 Å². The van der Waals surface area contributed by atoms with Gasteiger partial charge in [-0.2, -0.15) is 0 Å². The predicted molar refractivity (Wildman–Crippen MR) is 74.6 cm³/mol. The third kappa shape index (κ3) is 4.40. The van der Waals surface area contributed by atoms with E-state index in [1.165, 1.54) is 0 Å². The molecule has 0 radical (unpaired) electrons. The van der Waals surface area contributed by atoms with Crippen LogP contribution in [0.1, 0.15) is 51.6 Å². The monoisotopic (exact) mass is 301 g/mol. The molecule has 3 heteroatoms. The number of halogens is 2. The second kappa shape index (κ2) is 7.12. The van der Waals surface area contributed by atoms with Gasteiger partial charge in [0.15, 0.2) is 0 Å². The third-order valence-electron chi connectivity index (χ3n) is 2.74. The SMILES string of the molecule is CCCCC(NC(C)C)c1cccc(Br)c1F. The Morgan fingerprint density at radius 2 is 2.06 bits per heavy atom. The first-order chi connectivity index (χ1) is 8.06. The van der Waals surface area contributed by atoms with E-state index in [0.29, 0.717) is 10.5 Å². The Bertz CT molecular complexity index is 352. The molecule has 0 heterocycles. The molecule has 1 atom stereocenters. The fourth-order valence-electron chi connectivity index (χ4n) is 1.93. The van der Waals surface area contributed by atoms with Crippen LogP contribution >= 0.6 is 15.9 Å². The molecule has 1 aromatic carbocycles. The molecular formula is C14H21BrFN. The molecule has 0 fully saturated rings. The number of hydrogen-bond donors (Lipinski definition) is 1.